The predicted octanol–water partition coefficient (Wildman–Crippen LogP) is 3.42. The van der Waals surface area contributed by atoms with Gasteiger partial charge in [0.15, 0.2) is 5.82 Å². The van der Waals surface area contributed by atoms with Crippen LogP contribution in [0.25, 0.3) is 11.1 Å². The standard InChI is InChI=1S/C20H23N5O3S/c1-5-28-20(27)18-15(14-8-6-13(7-9-14)12(2)3)11-29-19(18)21-17(26)10-16-22-23-24-25(16)4/h6-9,11-12H,5,10H2,1-4H3,(H,21,26). The molecule has 0 spiro atoms. The first-order valence-electron chi connectivity index (χ1n) is 9.30. The molecule has 3 rings (SSSR count). The van der Waals surface area contributed by atoms with Crippen LogP contribution in [0.4, 0.5) is 5.00 Å². The fourth-order valence-corrected chi connectivity index (χ4v) is 3.80. The highest BCUT2D eigenvalue weighted by molar-refractivity contribution is 7.15. The summed E-state index contributed by atoms with van der Waals surface area (Å²) in [5.41, 5.74) is 3.21. The third-order valence-electron chi connectivity index (χ3n) is 4.44. The van der Waals surface area contributed by atoms with Crippen LogP contribution in [0, 0.1) is 0 Å². The number of rotatable bonds is 7. The molecular weight excluding hydrogens is 390 g/mol. The summed E-state index contributed by atoms with van der Waals surface area (Å²) in [6.07, 6.45) is 0.00207. The van der Waals surface area contributed by atoms with E-state index in [1.165, 1.54) is 21.6 Å². The van der Waals surface area contributed by atoms with Gasteiger partial charge in [-0.2, -0.15) is 0 Å². The Balaban J connectivity index is 1.90. The molecule has 1 aromatic carbocycles. The summed E-state index contributed by atoms with van der Waals surface area (Å²) in [6, 6.07) is 8.06. The molecule has 0 fully saturated rings. The van der Waals surface area contributed by atoms with E-state index >= 15 is 0 Å². The Morgan fingerprint density at radius 1 is 1.24 bits per heavy atom. The van der Waals surface area contributed by atoms with Crippen LogP contribution in [0.15, 0.2) is 29.6 Å². The van der Waals surface area contributed by atoms with Crippen molar-refractivity contribution in [2.24, 2.45) is 7.05 Å². The average Bonchev–Trinajstić information content (AvgIpc) is 3.28. The lowest BCUT2D eigenvalue weighted by Gasteiger charge is -2.10. The molecule has 0 saturated carbocycles. The largest absolute Gasteiger partial charge is 0.462 e. The second-order valence-corrected chi connectivity index (χ2v) is 7.67. The third kappa shape index (κ3) is 4.68. The topological polar surface area (TPSA) is 99.0 Å². The first-order chi connectivity index (χ1) is 13.9. The summed E-state index contributed by atoms with van der Waals surface area (Å²) >= 11 is 1.29. The van der Waals surface area contributed by atoms with Crippen molar-refractivity contribution in [1.82, 2.24) is 20.2 Å². The highest BCUT2D eigenvalue weighted by Crippen LogP contribution is 2.36. The quantitative estimate of drug-likeness (QED) is 0.596. The smallest absolute Gasteiger partial charge is 0.341 e. The van der Waals surface area contributed by atoms with Crippen LogP contribution in [0.5, 0.6) is 0 Å². The number of aryl methyl sites for hydroxylation is 1. The molecule has 0 aliphatic heterocycles. The van der Waals surface area contributed by atoms with Crippen molar-refractivity contribution in [2.45, 2.75) is 33.1 Å². The fraction of sp³-hybridized carbons (Fsp3) is 0.350. The minimum atomic E-state index is -0.465. The fourth-order valence-electron chi connectivity index (χ4n) is 2.83. The van der Waals surface area contributed by atoms with E-state index in [4.69, 9.17) is 4.74 Å². The van der Waals surface area contributed by atoms with E-state index in [1.807, 2.05) is 29.6 Å². The maximum absolute atomic E-state index is 12.6. The highest BCUT2D eigenvalue weighted by Gasteiger charge is 2.23. The SMILES string of the molecule is CCOC(=O)c1c(-c2ccc(C(C)C)cc2)csc1NC(=O)Cc1nnnn1C. The van der Waals surface area contributed by atoms with Crippen LogP contribution in [0.3, 0.4) is 0 Å². The molecule has 2 heterocycles. The van der Waals surface area contributed by atoms with E-state index in [1.54, 1.807) is 14.0 Å². The van der Waals surface area contributed by atoms with Gasteiger partial charge in [0.05, 0.1) is 13.0 Å². The minimum Gasteiger partial charge on any atom is -0.462 e. The van der Waals surface area contributed by atoms with E-state index < -0.39 is 5.97 Å². The Labute approximate surface area is 172 Å². The van der Waals surface area contributed by atoms with Crippen LogP contribution in [0.2, 0.25) is 0 Å². The van der Waals surface area contributed by atoms with E-state index in [9.17, 15) is 9.59 Å². The van der Waals surface area contributed by atoms with Gasteiger partial charge in [-0.3, -0.25) is 4.79 Å². The monoisotopic (exact) mass is 413 g/mol. The number of tetrazole rings is 1. The lowest BCUT2D eigenvalue weighted by molar-refractivity contribution is -0.115. The number of anilines is 1. The molecule has 1 N–H and O–H groups in total. The number of hydrogen-bond donors (Lipinski definition) is 1. The molecule has 0 unspecified atom stereocenters. The number of carbonyl (C=O) groups is 2. The third-order valence-corrected chi connectivity index (χ3v) is 5.33. The van der Waals surface area contributed by atoms with Gasteiger partial charge in [0, 0.05) is 18.0 Å². The van der Waals surface area contributed by atoms with E-state index in [0.717, 1.165) is 11.1 Å². The summed E-state index contributed by atoms with van der Waals surface area (Å²) < 4.78 is 6.67. The van der Waals surface area contributed by atoms with Crippen molar-refractivity contribution in [2.75, 3.05) is 11.9 Å². The van der Waals surface area contributed by atoms with Gasteiger partial charge in [-0.05, 0) is 34.4 Å². The number of nitrogens with one attached hydrogen (secondary N) is 1. The Kier molecular flexibility index (Phi) is 6.38. The molecule has 0 radical (unpaired) electrons. The van der Waals surface area contributed by atoms with Gasteiger partial charge in [0.2, 0.25) is 5.91 Å². The number of carbonyl (C=O) groups excluding carboxylic acids is 2. The van der Waals surface area contributed by atoms with Gasteiger partial charge >= 0.3 is 5.97 Å². The van der Waals surface area contributed by atoms with Crippen LogP contribution in [-0.4, -0.2) is 38.7 Å². The van der Waals surface area contributed by atoms with Gasteiger partial charge in [0.1, 0.15) is 10.6 Å². The van der Waals surface area contributed by atoms with Gasteiger partial charge in [0.25, 0.3) is 0 Å². The predicted molar refractivity (Wildman–Crippen MR) is 111 cm³/mol. The molecule has 3 aromatic rings. The summed E-state index contributed by atoms with van der Waals surface area (Å²) in [5.74, 6) is 0.0755. The van der Waals surface area contributed by atoms with Crippen molar-refractivity contribution in [3.8, 4) is 11.1 Å². The summed E-state index contributed by atoms with van der Waals surface area (Å²) in [7, 11) is 1.66. The van der Waals surface area contributed by atoms with Crippen molar-refractivity contribution < 1.29 is 14.3 Å². The van der Waals surface area contributed by atoms with E-state index in [2.05, 4.69) is 34.7 Å². The first kappa shape index (κ1) is 20.7. The zero-order valence-electron chi connectivity index (χ0n) is 16.8. The van der Waals surface area contributed by atoms with E-state index in [0.29, 0.717) is 22.3 Å². The minimum absolute atomic E-state index is 0.00207. The second kappa shape index (κ2) is 8.95. The van der Waals surface area contributed by atoms with Crippen molar-refractivity contribution in [3.63, 3.8) is 0 Å². The second-order valence-electron chi connectivity index (χ2n) is 6.79. The lowest BCUT2D eigenvalue weighted by Crippen LogP contribution is -2.18. The molecule has 0 aliphatic rings. The Morgan fingerprint density at radius 2 is 1.97 bits per heavy atom. The normalized spacial score (nSPS) is 10.9. The molecular formula is C20H23N5O3S. The van der Waals surface area contributed by atoms with Crippen LogP contribution >= 0.6 is 11.3 Å². The molecule has 2 aromatic heterocycles. The van der Waals surface area contributed by atoms with Crippen molar-refractivity contribution >= 4 is 28.2 Å². The Hall–Kier alpha value is -3.07. The number of thiophene rings is 1. The molecule has 152 valence electrons. The number of benzene rings is 1. The van der Waals surface area contributed by atoms with Gasteiger partial charge in [-0.25, -0.2) is 9.48 Å². The van der Waals surface area contributed by atoms with Crippen molar-refractivity contribution in [3.05, 3.63) is 46.6 Å². The Morgan fingerprint density at radius 3 is 2.55 bits per heavy atom. The molecule has 1 amide bonds. The highest BCUT2D eigenvalue weighted by atomic mass is 32.1. The maximum Gasteiger partial charge on any atom is 0.341 e. The summed E-state index contributed by atoms with van der Waals surface area (Å²) in [4.78, 5) is 25.1. The molecule has 9 heteroatoms. The number of ether oxygens (including phenoxy) is 1. The Bertz CT molecular complexity index is 1010. The summed E-state index contributed by atoms with van der Waals surface area (Å²) in [6.45, 7) is 6.26. The first-order valence-corrected chi connectivity index (χ1v) is 10.2. The average molecular weight is 414 g/mol. The molecule has 29 heavy (non-hydrogen) atoms. The number of nitrogens with zero attached hydrogens (tertiary/aromatic N) is 4. The van der Waals surface area contributed by atoms with Crippen LogP contribution < -0.4 is 5.32 Å². The van der Waals surface area contributed by atoms with Crippen molar-refractivity contribution in [1.29, 1.82) is 0 Å². The van der Waals surface area contributed by atoms with Gasteiger partial charge in [-0.1, -0.05) is 38.1 Å². The number of hydrogen-bond acceptors (Lipinski definition) is 7. The van der Waals surface area contributed by atoms with Crippen LogP contribution in [0.1, 0.15) is 48.4 Å². The van der Waals surface area contributed by atoms with Gasteiger partial charge < -0.3 is 10.1 Å². The molecule has 0 saturated heterocycles. The van der Waals surface area contributed by atoms with Gasteiger partial charge in [-0.15, -0.1) is 16.4 Å². The molecule has 8 nitrogen and oxygen atoms in total. The summed E-state index contributed by atoms with van der Waals surface area (Å²) in [5, 5.41) is 16.2. The molecule has 0 bridgehead atoms. The molecule has 0 atom stereocenters. The van der Waals surface area contributed by atoms with E-state index in [-0.39, 0.29) is 18.9 Å². The molecule has 0 aliphatic carbocycles. The zero-order chi connectivity index (χ0) is 21.0. The lowest BCUT2D eigenvalue weighted by atomic mass is 9.98. The zero-order valence-corrected chi connectivity index (χ0v) is 17.6. The maximum atomic E-state index is 12.6. The number of amides is 1. The number of aromatic nitrogens is 4. The van der Waals surface area contributed by atoms with Crippen LogP contribution in [-0.2, 0) is 23.0 Å². The number of esters is 1.